The number of carbonyl (C=O) groups is 1. The van der Waals surface area contributed by atoms with E-state index in [0.717, 1.165) is 5.56 Å². The van der Waals surface area contributed by atoms with Gasteiger partial charge in [-0.3, -0.25) is 14.2 Å². The molecule has 0 radical (unpaired) electrons. The van der Waals surface area contributed by atoms with Gasteiger partial charge in [-0.05, 0) is 38.5 Å². The van der Waals surface area contributed by atoms with Crippen LogP contribution in [0.5, 0.6) is 0 Å². The highest BCUT2D eigenvalue weighted by molar-refractivity contribution is 5.77. The summed E-state index contributed by atoms with van der Waals surface area (Å²) in [5, 5.41) is 3.43. The fourth-order valence-corrected chi connectivity index (χ4v) is 3.28. The second-order valence-corrected chi connectivity index (χ2v) is 6.70. The van der Waals surface area contributed by atoms with Gasteiger partial charge < -0.3 is 10.1 Å². The number of benzene rings is 2. The van der Waals surface area contributed by atoms with Gasteiger partial charge in [-0.15, -0.1) is 0 Å². The van der Waals surface area contributed by atoms with Crippen LogP contribution in [-0.4, -0.2) is 22.1 Å². The standard InChI is InChI=1S/C22H25N3O3/c1-4-28-20(26)14-25-19-13-9-8-12-18(19)24-21(22(25)27)16(3)23-15(2)17-10-6-5-7-11-17/h5-13,15-16,23H,4,14H2,1-3H3/t15-,16-/m1/s1. The molecule has 6 nitrogen and oxygen atoms in total. The summed E-state index contributed by atoms with van der Waals surface area (Å²) in [7, 11) is 0. The van der Waals surface area contributed by atoms with Gasteiger partial charge in [-0.2, -0.15) is 0 Å². The zero-order chi connectivity index (χ0) is 20.1. The molecular weight excluding hydrogens is 354 g/mol. The number of para-hydroxylation sites is 2. The van der Waals surface area contributed by atoms with Crippen LogP contribution in [0.1, 0.15) is 44.1 Å². The number of nitrogens with zero attached hydrogens (tertiary/aromatic N) is 2. The molecule has 28 heavy (non-hydrogen) atoms. The van der Waals surface area contributed by atoms with E-state index in [2.05, 4.69) is 10.3 Å². The Kier molecular flexibility index (Phi) is 6.21. The summed E-state index contributed by atoms with van der Waals surface area (Å²) in [6.07, 6.45) is 0. The average Bonchev–Trinajstić information content (AvgIpc) is 2.70. The molecule has 1 aromatic heterocycles. The highest BCUT2D eigenvalue weighted by Gasteiger charge is 2.20. The molecule has 2 atom stereocenters. The van der Waals surface area contributed by atoms with E-state index in [1.54, 1.807) is 13.0 Å². The molecule has 0 bridgehead atoms. The quantitative estimate of drug-likeness (QED) is 0.637. The van der Waals surface area contributed by atoms with Crippen molar-refractivity contribution in [3.8, 4) is 0 Å². The first-order valence-electron chi connectivity index (χ1n) is 9.47. The van der Waals surface area contributed by atoms with Crippen LogP contribution in [0.3, 0.4) is 0 Å². The number of rotatable bonds is 7. The summed E-state index contributed by atoms with van der Waals surface area (Å²) < 4.78 is 6.48. The van der Waals surface area contributed by atoms with Crippen molar-refractivity contribution in [2.24, 2.45) is 0 Å². The monoisotopic (exact) mass is 379 g/mol. The van der Waals surface area contributed by atoms with Gasteiger partial charge in [0, 0.05) is 6.04 Å². The van der Waals surface area contributed by atoms with Crippen molar-refractivity contribution in [2.45, 2.75) is 39.4 Å². The Balaban J connectivity index is 1.97. The summed E-state index contributed by atoms with van der Waals surface area (Å²) in [5.41, 5.74) is 2.51. The predicted molar refractivity (Wildman–Crippen MR) is 109 cm³/mol. The van der Waals surface area contributed by atoms with Crippen molar-refractivity contribution in [3.05, 3.63) is 76.2 Å². The van der Waals surface area contributed by atoms with Crippen LogP contribution < -0.4 is 10.9 Å². The van der Waals surface area contributed by atoms with E-state index < -0.39 is 5.97 Å². The van der Waals surface area contributed by atoms with Crippen LogP contribution in [0.2, 0.25) is 0 Å². The third-order valence-corrected chi connectivity index (χ3v) is 4.68. The molecule has 0 spiro atoms. The maximum Gasteiger partial charge on any atom is 0.326 e. The molecule has 6 heteroatoms. The second-order valence-electron chi connectivity index (χ2n) is 6.70. The van der Waals surface area contributed by atoms with Gasteiger partial charge in [-0.25, -0.2) is 4.98 Å². The smallest absolute Gasteiger partial charge is 0.326 e. The number of nitrogens with one attached hydrogen (secondary N) is 1. The lowest BCUT2D eigenvalue weighted by Crippen LogP contribution is -2.34. The first-order chi connectivity index (χ1) is 13.5. The lowest BCUT2D eigenvalue weighted by molar-refractivity contribution is -0.143. The number of fused-ring (bicyclic) bond motifs is 1. The molecular formula is C22H25N3O3. The van der Waals surface area contributed by atoms with Crippen LogP contribution in [-0.2, 0) is 16.1 Å². The lowest BCUT2D eigenvalue weighted by Gasteiger charge is -2.21. The topological polar surface area (TPSA) is 73.2 Å². The van der Waals surface area contributed by atoms with E-state index in [4.69, 9.17) is 4.74 Å². The van der Waals surface area contributed by atoms with Crippen molar-refractivity contribution in [1.82, 2.24) is 14.9 Å². The molecule has 0 saturated heterocycles. The maximum atomic E-state index is 13.1. The normalized spacial score (nSPS) is 13.2. The van der Waals surface area contributed by atoms with E-state index in [1.165, 1.54) is 4.57 Å². The molecule has 0 aliphatic rings. The summed E-state index contributed by atoms with van der Waals surface area (Å²) in [4.78, 5) is 29.8. The number of ether oxygens (including phenoxy) is 1. The van der Waals surface area contributed by atoms with E-state index in [-0.39, 0.29) is 30.8 Å². The summed E-state index contributed by atoms with van der Waals surface area (Å²) in [5.74, 6) is -0.440. The van der Waals surface area contributed by atoms with Gasteiger partial charge in [0.1, 0.15) is 12.2 Å². The minimum atomic E-state index is -0.440. The molecule has 3 aromatic rings. The summed E-state index contributed by atoms with van der Waals surface area (Å²) >= 11 is 0. The van der Waals surface area contributed by atoms with Gasteiger partial charge in [0.25, 0.3) is 5.56 Å². The van der Waals surface area contributed by atoms with E-state index in [0.29, 0.717) is 16.7 Å². The molecule has 1 heterocycles. The summed E-state index contributed by atoms with van der Waals surface area (Å²) in [6, 6.07) is 17.1. The van der Waals surface area contributed by atoms with Gasteiger partial charge in [0.2, 0.25) is 0 Å². The largest absolute Gasteiger partial charge is 0.465 e. The molecule has 0 fully saturated rings. The summed E-state index contributed by atoms with van der Waals surface area (Å²) in [6.45, 7) is 5.84. The van der Waals surface area contributed by atoms with Crippen molar-refractivity contribution in [1.29, 1.82) is 0 Å². The Morgan fingerprint density at radius 1 is 1.07 bits per heavy atom. The van der Waals surface area contributed by atoms with E-state index in [1.807, 2.05) is 62.4 Å². The Morgan fingerprint density at radius 3 is 2.46 bits per heavy atom. The molecule has 146 valence electrons. The Labute approximate surface area is 164 Å². The fraction of sp³-hybridized carbons (Fsp3) is 0.318. The van der Waals surface area contributed by atoms with Crippen LogP contribution in [0.25, 0.3) is 11.0 Å². The zero-order valence-electron chi connectivity index (χ0n) is 16.4. The highest BCUT2D eigenvalue weighted by Crippen LogP contribution is 2.18. The minimum Gasteiger partial charge on any atom is -0.465 e. The van der Waals surface area contributed by atoms with Crippen molar-refractivity contribution in [3.63, 3.8) is 0 Å². The Bertz CT molecular complexity index is 1010. The molecule has 0 saturated carbocycles. The Hall–Kier alpha value is -2.99. The fourth-order valence-electron chi connectivity index (χ4n) is 3.28. The van der Waals surface area contributed by atoms with Crippen LogP contribution >= 0.6 is 0 Å². The van der Waals surface area contributed by atoms with Crippen molar-refractivity contribution >= 4 is 17.0 Å². The predicted octanol–water partition coefficient (Wildman–Crippen LogP) is 3.37. The highest BCUT2D eigenvalue weighted by atomic mass is 16.5. The third kappa shape index (κ3) is 4.28. The lowest BCUT2D eigenvalue weighted by atomic mass is 10.1. The zero-order valence-corrected chi connectivity index (χ0v) is 16.4. The van der Waals surface area contributed by atoms with Crippen LogP contribution in [0.15, 0.2) is 59.4 Å². The van der Waals surface area contributed by atoms with Crippen molar-refractivity contribution in [2.75, 3.05) is 6.61 Å². The SMILES string of the molecule is CCOC(=O)Cn1c(=O)c([C@@H](C)N[C@H](C)c2ccccc2)nc2ccccc21. The second kappa shape index (κ2) is 8.80. The number of carbonyl (C=O) groups excluding carboxylic acids is 1. The van der Waals surface area contributed by atoms with Gasteiger partial charge in [0.15, 0.2) is 0 Å². The molecule has 3 rings (SSSR count). The Morgan fingerprint density at radius 2 is 1.75 bits per heavy atom. The van der Waals surface area contributed by atoms with Gasteiger partial charge in [-0.1, -0.05) is 42.5 Å². The average molecular weight is 379 g/mol. The first kappa shape index (κ1) is 19.8. The molecule has 0 aliphatic carbocycles. The number of hydrogen-bond donors (Lipinski definition) is 1. The van der Waals surface area contributed by atoms with Gasteiger partial charge in [0.05, 0.1) is 23.7 Å². The molecule has 1 N–H and O–H groups in total. The molecule has 0 aliphatic heterocycles. The first-order valence-corrected chi connectivity index (χ1v) is 9.47. The number of esters is 1. The number of aromatic nitrogens is 2. The van der Waals surface area contributed by atoms with Crippen LogP contribution in [0, 0.1) is 0 Å². The maximum absolute atomic E-state index is 13.1. The molecule has 2 aromatic carbocycles. The van der Waals surface area contributed by atoms with E-state index in [9.17, 15) is 9.59 Å². The number of hydrogen-bond acceptors (Lipinski definition) is 5. The molecule has 0 unspecified atom stereocenters. The van der Waals surface area contributed by atoms with Gasteiger partial charge >= 0.3 is 5.97 Å². The van der Waals surface area contributed by atoms with Crippen molar-refractivity contribution < 1.29 is 9.53 Å². The molecule has 0 amide bonds. The van der Waals surface area contributed by atoms with Crippen LogP contribution in [0.4, 0.5) is 0 Å². The van der Waals surface area contributed by atoms with E-state index >= 15 is 0 Å². The minimum absolute atomic E-state index is 0.0439. The third-order valence-electron chi connectivity index (χ3n) is 4.68.